The second-order valence-corrected chi connectivity index (χ2v) is 3.66. The highest BCUT2D eigenvalue weighted by Crippen LogP contribution is 2.11. The fraction of sp³-hybridized carbons (Fsp3) is 0.778. The Balaban J connectivity index is 2.68. The zero-order valence-electron chi connectivity index (χ0n) is 9.01. The third-order valence-corrected chi connectivity index (χ3v) is 1.96. The summed E-state index contributed by atoms with van der Waals surface area (Å²) in [4.78, 5) is 1.94. The van der Waals surface area contributed by atoms with Crippen LogP contribution in [-0.4, -0.2) is 45.6 Å². The normalized spacial score (nSPS) is 13.5. The molecule has 1 heterocycles. The highest BCUT2D eigenvalue weighted by molar-refractivity contribution is 4.99. The van der Waals surface area contributed by atoms with Gasteiger partial charge in [0.1, 0.15) is 6.10 Å². The lowest BCUT2D eigenvalue weighted by Gasteiger charge is -2.16. The minimum atomic E-state index is -0.508. The first-order valence-corrected chi connectivity index (χ1v) is 4.86. The minimum absolute atomic E-state index is 0.508. The summed E-state index contributed by atoms with van der Waals surface area (Å²) in [6, 6.07) is 0. The molecule has 1 unspecified atom stereocenters. The van der Waals surface area contributed by atoms with Crippen molar-refractivity contribution in [2.45, 2.75) is 26.0 Å². The molecule has 0 spiro atoms. The van der Waals surface area contributed by atoms with Crippen molar-refractivity contribution in [2.75, 3.05) is 20.6 Å². The van der Waals surface area contributed by atoms with Crippen LogP contribution in [0.3, 0.4) is 0 Å². The molecule has 0 amide bonds. The van der Waals surface area contributed by atoms with Crippen LogP contribution >= 0.6 is 0 Å². The smallest absolute Gasteiger partial charge is 0.110 e. The third kappa shape index (κ3) is 2.78. The van der Waals surface area contributed by atoms with E-state index in [4.69, 9.17) is 0 Å². The van der Waals surface area contributed by atoms with Crippen molar-refractivity contribution in [1.82, 2.24) is 19.9 Å². The van der Waals surface area contributed by atoms with Gasteiger partial charge >= 0.3 is 0 Å². The van der Waals surface area contributed by atoms with Gasteiger partial charge in [0.15, 0.2) is 0 Å². The first-order valence-electron chi connectivity index (χ1n) is 4.86. The molecule has 0 bridgehead atoms. The van der Waals surface area contributed by atoms with Crippen LogP contribution < -0.4 is 0 Å². The van der Waals surface area contributed by atoms with Crippen molar-refractivity contribution < 1.29 is 5.11 Å². The van der Waals surface area contributed by atoms with E-state index in [1.165, 1.54) is 0 Å². The zero-order valence-corrected chi connectivity index (χ0v) is 9.01. The Kier molecular flexibility index (Phi) is 4.03. The molecule has 0 saturated heterocycles. The van der Waals surface area contributed by atoms with Gasteiger partial charge in [0, 0.05) is 13.1 Å². The molecular formula is C9H18N4O. The number of hydrogen-bond donors (Lipinski definition) is 1. The maximum absolute atomic E-state index is 9.84. The van der Waals surface area contributed by atoms with Crippen LogP contribution in [0.2, 0.25) is 0 Å². The highest BCUT2D eigenvalue weighted by atomic mass is 16.3. The molecule has 0 aliphatic carbocycles. The van der Waals surface area contributed by atoms with Gasteiger partial charge in [-0.25, -0.2) is 4.68 Å². The van der Waals surface area contributed by atoms with Crippen LogP contribution in [0.5, 0.6) is 0 Å². The third-order valence-electron chi connectivity index (χ3n) is 1.96. The summed E-state index contributed by atoms with van der Waals surface area (Å²) in [6.45, 7) is 3.47. The van der Waals surface area contributed by atoms with E-state index in [9.17, 15) is 5.11 Å². The van der Waals surface area contributed by atoms with Crippen LogP contribution in [0.4, 0.5) is 0 Å². The predicted octanol–water partition coefficient (Wildman–Crippen LogP) is 0.283. The van der Waals surface area contributed by atoms with Gasteiger partial charge in [0.05, 0.1) is 11.9 Å². The number of aliphatic hydroxyl groups excluding tert-OH is 1. The Morgan fingerprint density at radius 2 is 2.29 bits per heavy atom. The molecule has 0 saturated carbocycles. The van der Waals surface area contributed by atoms with Gasteiger partial charge in [-0.1, -0.05) is 12.1 Å². The molecule has 80 valence electrons. The van der Waals surface area contributed by atoms with E-state index in [1.54, 1.807) is 10.9 Å². The van der Waals surface area contributed by atoms with E-state index in [0.717, 1.165) is 18.7 Å². The first kappa shape index (κ1) is 11.1. The molecule has 14 heavy (non-hydrogen) atoms. The van der Waals surface area contributed by atoms with Gasteiger partial charge in [-0.15, -0.1) is 5.10 Å². The summed E-state index contributed by atoms with van der Waals surface area (Å²) >= 11 is 0. The maximum Gasteiger partial charge on any atom is 0.110 e. The topological polar surface area (TPSA) is 54.2 Å². The standard InChI is InChI=1S/C9H18N4O/c1-4-5-13-8(6-10-11-13)9(14)7-12(2)3/h6,9,14H,4-5,7H2,1-3H3. The van der Waals surface area contributed by atoms with Crippen molar-refractivity contribution >= 4 is 0 Å². The predicted molar refractivity (Wildman–Crippen MR) is 53.8 cm³/mol. The van der Waals surface area contributed by atoms with Gasteiger partial charge in [-0.05, 0) is 20.5 Å². The monoisotopic (exact) mass is 198 g/mol. The Morgan fingerprint density at radius 1 is 1.57 bits per heavy atom. The number of likely N-dealkylation sites (N-methyl/N-ethyl adjacent to an activating group) is 1. The molecular weight excluding hydrogens is 180 g/mol. The highest BCUT2D eigenvalue weighted by Gasteiger charge is 2.14. The summed E-state index contributed by atoms with van der Waals surface area (Å²) in [7, 11) is 3.86. The second kappa shape index (κ2) is 5.07. The fourth-order valence-corrected chi connectivity index (χ4v) is 1.35. The van der Waals surface area contributed by atoms with E-state index >= 15 is 0 Å². The maximum atomic E-state index is 9.84. The van der Waals surface area contributed by atoms with Crippen LogP contribution in [0.25, 0.3) is 0 Å². The van der Waals surface area contributed by atoms with E-state index in [0.29, 0.717) is 6.54 Å². The molecule has 5 heteroatoms. The van der Waals surface area contributed by atoms with Crippen LogP contribution in [0.1, 0.15) is 25.1 Å². The molecule has 0 aliphatic heterocycles. The molecule has 1 N–H and O–H groups in total. The number of rotatable bonds is 5. The van der Waals surface area contributed by atoms with Crippen molar-refractivity contribution in [2.24, 2.45) is 0 Å². The molecule has 1 aromatic heterocycles. The van der Waals surface area contributed by atoms with Gasteiger partial charge in [-0.2, -0.15) is 0 Å². The summed E-state index contributed by atoms with van der Waals surface area (Å²) in [5.74, 6) is 0. The molecule has 1 aromatic rings. The SMILES string of the molecule is CCCn1nncc1C(O)CN(C)C. The van der Waals surface area contributed by atoms with E-state index in [-0.39, 0.29) is 0 Å². The largest absolute Gasteiger partial charge is 0.385 e. The summed E-state index contributed by atoms with van der Waals surface area (Å²) < 4.78 is 1.76. The number of aliphatic hydroxyl groups is 1. The molecule has 0 radical (unpaired) electrons. The Bertz CT molecular complexity index is 272. The molecule has 5 nitrogen and oxygen atoms in total. The van der Waals surface area contributed by atoms with Crippen LogP contribution in [-0.2, 0) is 6.54 Å². The molecule has 0 aromatic carbocycles. The Labute approximate surface area is 84.3 Å². The second-order valence-electron chi connectivity index (χ2n) is 3.66. The lowest BCUT2D eigenvalue weighted by atomic mass is 10.2. The lowest BCUT2D eigenvalue weighted by molar-refractivity contribution is 0.129. The average Bonchev–Trinajstić information content (AvgIpc) is 2.51. The van der Waals surface area contributed by atoms with Crippen molar-refractivity contribution in [3.05, 3.63) is 11.9 Å². The molecule has 1 atom stereocenters. The van der Waals surface area contributed by atoms with Gasteiger partial charge in [-0.3, -0.25) is 0 Å². The minimum Gasteiger partial charge on any atom is -0.385 e. The molecule has 0 aliphatic rings. The van der Waals surface area contributed by atoms with Crippen molar-refractivity contribution in [3.8, 4) is 0 Å². The Morgan fingerprint density at radius 3 is 2.86 bits per heavy atom. The Hall–Kier alpha value is -0.940. The number of nitrogens with zero attached hydrogens (tertiary/aromatic N) is 4. The number of hydrogen-bond acceptors (Lipinski definition) is 4. The molecule has 0 fully saturated rings. The summed E-state index contributed by atoms with van der Waals surface area (Å²) in [6.07, 6.45) is 2.11. The van der Waals surface area contributed by atoms with E-state index in [2.05, 4.69) is 17.2 Å². The first-order chi connectivity index (χ1) is 6.65. The van der Waals surface area contributed by atoms with Gasteiger partial charge in [0.2, 0.25) is 0 Å². The lowest BCUT2D eigenvalue weighted by Crippen LogP contribution is -2.22. The fourth-order valence-electron chi connectivity index (χ4n) is 1.35. The van der Waals surface area contributed by atoms with Gasteiger partial charge in [0.25, 0.3) is 0 Å². The molecule has 1 rings (SSSR count). The van der Waals surface area contributed by atoms with E-state index < -0.39 is 6.10 Å². The quantitative estimate of drug-likeness (QED) is 0.738. The summed E-state index contributed by atoms with van der Waals surface area (Å²) in [5, 5.41) is 17.6. The van der Waals surface area contributed by atoms with Crippen LogP contribution in [0, 0.1) is 0 Å². The number of aryl methyl sites for hydroxylation is 1. The average molecular weight is 198 g/mol. The zero-order chi connectivity index (χ0) is 10.6. The van der Waals surface area contributed by atoms with Crippen LogP contribution in [0.15, 0.2) is 6.20 Å². The van der Waals surface area contributed by atoms with Gasteiger partial charge < -0.3 is 10.0 Å². The number of aromatic nitrogens is 3. The van der Waals surface area contributed by atoms with Crippen molar-refractivity contribution in [1.29, 1.82) is 0 Å². The summed E-state index contributed by atoms with van der Waals surface area (Å²) in [5.41, 5.74) is 0.792. The van der Waals surface area contributed by atoms with E-state index in [1.807, 2.05) is 19.0 Å². The van der Waals surface area contributed by atoms with Crippen molar-refractivity contribution in [3.63, 3.8) is 0 Å².